The van der Waals surface area contributed by atoms with Crippen LogP contribution in [0, 0.1) is 0 Å². The molecule has 1 saturated heterocycles. The van der Waals surface area contributed by atoms with Gasteiger partial charge in [-0.3, -0.25) is 9.59 Å². The number of hydrogen-bond donors (Lipinski definition) is 2. The van der Waals surface area contributed by atoms with E-state index >= 15 is 0 Å². The molecule has 0 radical (unpaired) electrons. The molecule has 1 amide bonds. The Balaban J connectivity index is 1.18. The van der Waals surface area contributed by atoms with E-state index in [0.29, 0.717) is 43.4 Å². The standard InChI is InChI=1S/C44H39N3O4S/c1-2-52(50,51)47-19-17-27(18-20-47)41-25-46-43-39(41)23-31(24-40(43)44(45)49)42-35-6-4-3-5-26(35)7-13-36(42)29-8-12-33-28(21-29)9-14-38-34-16-11-32(48)22-30(34)10-15-37(33)38/h3-9,11-14,16,21,23-25,27,46H,2,10,15,17-20,22H2,1H3,(H2,45,49). The molecule has 3 aliphatic rings. The quantitative estimate of drug-likeness (QED) is 0.181. The first kappa shape index (κ1) is 32.6. The number of aromatic nitrogens is 1. The molecule has 52 heavy (non-hydrogen) atoms. The summed E-state index contributed by atoms with van der Waals surface area (Å²) in [4.78, 5) is 28.5. The van der Waals surface area contributed by atoms with E-state index < -0.39 is 15.9 Å². The maximum Gasteiger partial charge on any atom is 0.250 e. The Kier molecular flexibility index (Phi) is 7.79. The first-order valence-electron chi connectivity index (χ1n) is 18.1. The number of piperidine rings is 1. The molecular weight excluding hydrogens is 667 g/mol. The van der Waals surface area contributed by atoms with Crippen molar-refractivity contribution in [2.75, 3.05) is 18.8 Å². The first-order chi connectivity index (χ1) is 25.2. The minimum atomic E-state index is -3.25. The molecule has 8 heteroatoms. The third kappa shape index (κ3) is 5.31. The second-order valence-corrected chi connectivity index (χ2v) is 16.6. The highest BCUT2D eigenvalue weighted by Crippen LogP contribution is 2.44. The Morgan fingerprint density at radius 2 is 1.63 bits per heavy atom. The average molecular weight is 706 g/mol. The topological polar surface area (TPSA) is 113 Å². The van der Waals surface area contributed by atoms with Crippen molar-refractivity contribution in [1.29, 1.82) is 0 Å². The van der Waals surface area contributed by atoms with Gasteiger partial charge in [-0.2, -0.15) is 0 Å². The van der Waals surface area contributed by atoms with E-state index in [9.17, 15) is 18.0 Å². The first-order valence-corrected chi connectivity index (χ1v) is 19.7. The van der Waals surface area contributed by atoms with Crippen molar-refractivity contribution in [2.24, 2.45) is 5.73 Å². The van der Waals surface area contributed by atoms with E-state index in [-0.39, 0.29) is 17.5 Å². The summed E-state index contributed by atoms with van der Waals surface area (Å²) in [5, 5.41) is 5.51. The third-order valence-corrected chi connectivity index (χ3v) is 13.5. The molecule has 0 atom stereocenters. The van der Waals surface area contributed by atoms with Crippen molar-refractivity contribution in [3.63, 3.8) is 0 Å². The van der Waals surface area contributed by atoms with Gasteiger partial charge in [0.15, 0.2) is 5.78 Å². The Morgan fingerprint density at radius 3 is 2.44 bits per heavy atom. The van der Waals surface area contributed by atoms with E-state index in [1.165, 1.54) is 27.7 Å². The molecule has 0 saturated carbocycles. The number of H-pyrrole nitrogens is 1. The van der Waals surface area contributed by atoms with Crippen LogP contribution in [-0.4, -0.2) is 48.2 Å². The fourth-order valence-electron chi connectivity index (χ4n) is 8.90. The zero-order valence-electron chi connectivity index (χ0n) is 29.0. The summed E-state index contributed by atoms with van der Waals surface area (Å²) in [5.74, 6) is -0.0818. The molecule has 5 aromatic carbocycles. The lowest BCUT2D eigenvalue weighted by Gasteiger charge is -2.31. The van der Waals surface area contributed by atoms with Gasteiger partial charge in [0.25, 0.3) is 5.91 Å². The van der Waals surface area contributed by atoms with Crippen LogP contribution < -0.4 is 5.73 Å². The third-order valence-electron chi connectivity index (χ3n) is 11.6. The molecule has 6 aromatic rings. The molecule has 2 heterocycles. The molecule has 3 N–H and O–H groups in total. The molecular formula is C44H39N3O4S. The molecule has 7 nitrogen and oxygen atoms in total. The number of ketones is 1. The number of nitrogens with two attached hydrogens (primary N) is 1. The molecule has 2 aliphatic carbocycles. The van der Waals surface area contributed by atoms with Gasteiger partial charge in [0.1, 0.15) is 0 Å². The van der Waals surface area contributed by atoms with Crippen LogP contribution in [0.25, 0.3) is 60.3 Å². The van der Waals surface area contributed by atoms with Gasteiger partial charge in [0.05, 0.1) is 16.8 Å². The summed E-state index contributed by atoms with van der Waals surface area (Å²) in [6.07, 6.45) is 9.42. The number of aromatic amines is 1. The van der Waals surface area contributed by atoms with Crippen LogP contribution in [0.15, 0.2) is 103 Å². The number of sulfonamides is 1. The van der Waals surface area contributed by atoms with Crippen LogP contribution in [0.1, 0.15) is 65.6 Å². The minimum absolute atomic E-state index is 0.0999. The summed E-state index contributed by atoms with van der Waals surface area (Å²) in [5.41, 5.74) is 17.4. The van der Waals surface area contributed by atoms with Gasteiger partial charge in [-0.1, -0.05) is 72.3 Å². The van der Waals surface area contributed by atoms with Crippen molar-refractivity contribution < 1.29 is 18.0 Å². The number of allylic oxidation sites excluding steroid dienone is 4. The molecule has 1 aliphatic heterocycles. The zero-order chi connectivity index (χ0) is 35.7. The number of primary amides is 1. The molecule has 0 spiro atoms. The summed E-state index contributed by atoms with van der Waals surface area (Å²) in [7, 11) is -3.25. The number of nitrogens with zero attached hydrogens (tertiary/aromatic N) is 1. The maximum absolute atomic E-state index is 13.1. The molecule has 9 rings (SSSR count). The number of hydrogen-bond acceptors (Lipinski definition) is 4. The Bertz CT molecular complexity index is 2680. The number of carbonyl (C=O) groups excluding carboxylic acids is 2. The van der Waals surface area contributed by atoms with Gasteiger partial charge in [-0.05, 0) is 129 Å². The van der Waals surface area contributed by atoms with Gasteiger partial charge in [-0.15, -0.1) is 0 Å². The van der Waals surface area contributed by atoms with E-state index in [1.54, 1.807) is 17.3 Å². The Hall–Kier alpha value is -5.31. The van der Waals surface area contributed by atoms with Crippen LogP contribution in [-0.2, 0) is 21.2 Å². The molecule has 1 aromatic heterocycles. The minimum Gasteiger partial charge on any atom is -0.366 e. The summed E-state index contributed by atoms with van der Waals surface area (Å²) in [6, 6.07) is 27.9. The summed E-state index contributed by atoms with van der Waals surface area (Å²) < 4.78 is 26.8. The number of benzene rings is 5. The lowest BCUT2D eigenvalue weighted by atomic mass is 9.79. The van der Waals surface area contributed by atoms with E-state index in [2.05, 4.69) is 65.6 Å². The van der Waals surface area contributed by atoms with Gasteiger partial charge in [-0.25, -0.2) is 12.7 Å². The van der Waals surface area contributed by atoms with Crippen molar-refractivity contribution in [3.05, 3.63) is 125 Å². The maximum atomic E-state index is 13.1. The monoisotopic (exact) mass is 705 g/mol. The lowest BCUT2D eigenvalue weighted by Crippen LogP contribution is -2.38. The van der Waals surface area contributed by atoms with Crippen LogP contribution in [0.4, 0.5) is 0 Å². The highest BCUT2D eigenvalue weighted by atomic mass is 32.2. The van der Waals surface area contributed by atoms with Crippen molar-refractivity contribution >= 4 is 59.7 Å². The predicted molar refractivity (Wildman–Crippen MR) is 210 cm³/mol. The van der Waals surface area contributed by atoms with Crippen LogP contribution in [0.5, 0.6) is 0 Å². The lowest BCUT2D eigenvalue weighted by molar-refractivity contribution is -0.114. The van der Waals surface area contributed by atoms with Gasteiger partial charge < -0.3 is 10.7 Å². The largest absolute Gasteiger partial charge is 0.366 e. The zero-order valence-corrected chi connectivity index (χ0v) is 29.9. The summed E-state index contributed by atoms with van der Waals surface area (Å²) in [6.45, 7) is 2.64. The molecule has 1 fully saturated rings. The fourth-order valence-corrected chi connectivity index (χ4v) is 10.0. The van der Waals surface area contributed by atoms with E-state index in [0.717, 1.165) is 62.2 Å². The number of rotatable bonds is 6. The van der Waals surface area contributed by atoms with Gasteiger partial charge >= 0.3 is 0 Å². The average Bonchev–Trinajstić information content (AvgIpc) is 3.60. The second-order valence-electron chi connectivity index (χ2n) is 14.4. The van der Waals surface area contributed by atoms with Crippen molar-refractivity contribution in [2.45, 2.75) is 44.9 Å². The SMILES string of the molecule is CCS(=O)(=O)N1CCC(c2c[nH]c3c(C(N)=O)cc(-c4c(-c5ccc6c7c(ccc6c5)C5=C(CC7)CC(=O)C=C5)ccc5ccccc45)cc23)CC1. The van der Waals surface area contributed by atoms with Crippen LogP contribution >= 0.6 is 0 Å². The summed E-state index contributed by atoms with van der Waals surface area (Å²) >= 11 is 0. The Labute approximate surface area is 302 Å². The Morgan fingerprint density at radius 1 is 0.846 bits per heavy atom. The fraction of sp³-hybridized carbons (Fsp3) is 0.227. The van der Waals surface area contributed by atoms with Crippen molar-refractivity contribution in [1.82, 2.24) is 9.29 Å². The molecule has 0 bridgehead atoms. The highest BCUT2D eigenvalue weighted by molar-refractivity contribution is 7.89. The van der Waals surface area contributed by atoms with Gasteiger partial charge in [0.2, 0.25) is 10.0 Å². The molecule has 0 unspecified atom stereocenters. The number of carbonyl (C=O) groups is 2. The smallest absolute Gasteiger partial charge is 0.250 e. The number of nitrogens with one attached hydrogen (secondary N) is 1. The van der Waals surface area contributed by atoms with Crippen LogP contribution in [0.2, 0.25) is 0 Å². The van der Waals surface area contributed by atoms with E-state index in [4.69, 9.17) is 5.73 Å². The van der Waals surface area contributed by atoms with Crippen LogP contribution in [0.3, 0.4) is 0 Å². The van der Waals surface area contributed by atoms with Gasteiger partial charge in [0, 0.05) is 31.1 Å². The number of fused-ring (bicyclic) bond motifs is 6. The number of aryl methyl sites for hydroxylation is 1. The number of amides is 1. The van der Waals surface area contributed by atoms with E-state index in [1.807, 2.05) is 30.5 Å². The normalized spacial score (nSPS) is 16.9. The van der Waals surface area contributed by atoms with Crippen molar-refractivity contribution in [3.8, 4) is 22.3 Å². The predicted octanol–water partition coefficient (Wildman–Crippen LogP) is 8.67. The molecule has 260 valence electrons. The second kappa shape index (κ2) is 12.4. The highest BCUT2D eigenvalue weighted by Gasteiger charge is 2.30.